The first kappa shape index (κ1) is 12.4. The molecule has 0 radical (unpaired) electrons. The fraction of sp³-hybridized carbons (Fsp3) is 0.500. The van der Waals surface area contributed by atoms with Crippen molar-refractivity contribution in [2.45, 2.75) is 20.3 Å². The van der Waals surface area contributed by atoms with Crippen LogP contribution in [0.5, 0.6) is 0 Å². The third-order valence-corrected chi connectivity index (χ3v) is 3.84. The maximum Gasteiger partial charge on any atom is 0.246 e. The summed E-state index contributed by atoms with van der Waals surface area (Å²) >= 11 is 1.65. The highest BCUT2D eigenvalue weighted by atomic mass is 32.1. The molecule has 1 amide bonds. The molecule has 17 heavy (non-hydrogen) atoms. The molecule has 0 aliphatic carbocycles. The van der Waals surface area contributed by atoms with Crippen molar-refractivity contribution in [3.63, 3.8) is 0 Å². The third kappa shape index (κ3) is 3.43. The Kier molecular flexibility index (Phi) is 4.00. The molecule has 2 unspecified atom stereocenters. The molecule has 2 nitrogen and oxygen atoms in total. The van der Waals surface area contributed by atoms with Crippen molar-refractivity contribution in [1.29, 1.82) is 0 Å². The summed E-state index contributed by atoms with van der Waals surface area (Å²) in [6.07, 6.45) is 4.84. The van der Waals surface area contributed by atoms with Gasteiger partial charge in [-0.05, 0) is 46.7 Å². The number of thiophene rings is 1. The molecule has 1 aromatic heterocycles. The van der Waals surface area contributed by atoms with E-state index in [0.717, 1.165) is 18.7 Å². The monoisotopic (exact) mass is 249 g/mol. The van der Waals surface area contributed by atoms with Crippen molar-refractivity contribution in [3.8, 4) is 0 Å². The molecule has 2 heterocycles. The van der Waals surface area contributed by atoms with E-state index >= 15 is 0 Å². The molecule has 0 aromatic carbocycles. The highest BCUT2D eigenvalue weighted by Crippen LogP contribution is 2.21. The summed E-state index contributed by atoms with van der Waals surface area (Å²) < 4.78 is 0. The van der Waals surface area contributed by atoms with Crippen molar-refractivity contribution in [2.24, 2.45) is 11.8 Å². The van der Waals surface area contributed by atoms with Gasteiger partial charge in [0.05, 0.1) is 0 Å². The summed E-state index contributed by atoms with van der Waals surface area (Å²) in [4.78, 5) is 14.0. The van der Waals surface area contributed by atoms with Crippen LogP contribution in [0, 0.1) is 11.8 Å². The van der Waals surface area contributed by atoms with Gasteiger partial charge >= 0.3 is 0 Å². The quantitative estimate of drug-likeness (QED) is 0.737. The predicted octanol–water partition coefficient (Wildman–Crippen LogP) is 3.27. The Hall–Kier alpha value is -1.09. The molecule has 1 fully saturated rings. The van der Waals surface area contributed by atoms with Gasteiger partial charge < -0.3 is 4.90 Å². The molecule has 1 aliphatic heterocycles. The Morgan fingerprint density at radius 2 is 2.12 bits per heavy atom. The lowest BCUT2D eigenvalue weighted by atomic mass is 9.92. The van der Waals surface area contributed by atoms with Gasteiger partial charge in [-0.2, -0.15) is 11.3 Å². The van der Waals surface area contributed by atoms with E-state index in [1.807, 2.05) is 27.8 Å². The first-order chi connectivity index (χ1) is 8.15. The van der Waals surface area contributed by atoms with Crippen molar-refractivity contribution < 1.29 is 4.79 Å². The van der Waals surface area contributed by atoms with E-state index < -0.39 is 0 Å². The largest absolute Gasteiger partial charge is 0.339 e. The maximum absolute atomic E-state index is 12.0. The zero-order valence-corrected chi connectivity index (χ0v) is 11.2. The minimum absolute atomic E-state index is 0.148. The molecule has 3 heteroatoms. The summed E-state index contributed by atoms with van der Waals surface area (Å²) in [6.45, 7) is 6.24. The molecule has 0 bridgehead atoms. The van der Waals surface area contributed by atoms with Crippen molar-refractivity contribution in [3.05, 3.63) is 28.5 Å². The molecule has 2 rings (SSSR count). The highest BCUT2D eigenvalue weighted by Gasteiger charge is 2.23. The number of rotatable bonds is 2. The standard InChI is InChI=1S/C14H19NOS/c1-11-7-12(2)9-15(8-11)14(16)4-3-13-5-6-17-10-13/h3-6,10-12H,7-9H2,1-2H3/b4-3+. The number of amides is 1. The number of hydrogen-bond acceptors (Lipinski definition) is 2. The summed E-state index contributed by atoms with van der Waals surface area (Å²) in [5.74, 6) is 1.39. The van der Waals surface area contributed by atoms with Gasteiger partial charge in [0.1, 0.15) is 0 Å². The number of carbonyl (C=O) groups is 1. The van der Waals surface area contributed by atoms with E-state index in [0.29, 0.717) is 11.8 Å². The van der Waals surface area contributed by atoms with E-state index in [-0.39, 0.29) is 5.91 Å². The zero-order valence-electron chi connectivity index (χ0n) is 10.4. The van der Waals surface area contributed by atoms with Gasteiger partial charge in [-0.3, -0.25) is 4.79 Å². The molecular weight excluding hydrogens is 230 g/mol. The van der Waals surface area contributed by atoms with Crippen LogP contribution in [0.2, 0.25) is 0 Å². The van der Waals surface area contributed by atoms with Crippen molar-refractivity contribution >= 4 is 23.3 Å². The first-order valence-electron chi connectivity index (χ1n) is 6.14. The lowest BCUT2D eigenvalue weighted by Crippen LogP contribution is -2.41. The number of piperidine rings is 1. The molecule has 2 atom stereocenters. The van der Waals surface area contributed by atoms with Gasteiger partial charge in [0.15, 0.2) is 0 Å². The normalized spacial score (nSPS) is 25.4. The van der Waals surface area contributed by atoms with Crippen LogP contribution in [0.25, 0.3) is 6.08 Å². The Labute approximate surface area is 107 Å². The van der Waals surface area contributed by atoms with Crippen LogP contribution in [0.3, 0.4) is 0 Å². The zero-order chi connectivity index (χ0) is 12.3. The molecular formula is C14H19NOS. The van der Waals surface area contributed by atoms with Crippen LogP contribution in [0.4, 0.5) is 0 Å². The third-order valence-electron chi connectivity index (χ3n) is 3.14. The van der Waals surface area contributed by atoms with E-state index in [4.69, 9.17) is 0 Å². The predicted molar refractivity (Wildman–Crippen MR) is 72.9 cm³/mol. The summed E-state index contributed by atoms with van der Waals surface area (Å²) in [7, 11) is 0. The van der Waals surface area contributed by atoms with Gasteiger partial charge in [0.2, 0.25) is 5.91 Å². The Morgan fingerprint density at radius 1 is 1.41 bits per heavy atom. The summed E-state index contributed by atoms with van der Waals surface area (Å²) in [5.41, 5.74) is 1.11. The molecule has 0 N–H and O–H groups in total. The van der Waals surface area contributed by atoms with Gasteiger partial charge in [0.25, 0.3) is 0 Å². The second-order valence-corrected chi connectivity index (χ2v) is 5.86. The van der Waals surface area contributed by atoms with E-state index in [1.165, 1.54) is 6.42 Å². The molecule has 0 spiro atoms. The SMILES string of the molecule is CC1CC(C)CN(C(=O)/C=C/c2ccsc2)C1. The highest BCUT2D eigenvalue weighted by molar-refractivity contribution is 7.08. The second-order valence-electron chi connectivity index (χ2n) is 5.08. The fourth-order valence-corrected chi connectivity index (χ4v) is 3.11. The number of carbonyl (C=O) groups excluding carboxylic acids is 1. The molecule has 1 aliphatic rings. The number of hydrogen-bond donors (Lipinski definition) is 0. The Bertz CT molecular complexity index is 386. The Balaban J connectivity index is 1.95. The smallest absolute Gasteiger partial charge is 0.246 e. The summed E-state index contributed by atoms with van der Waals surface area (Å²) in [5, 5.41) is 4.07. The van der Waals surface area contributed by atoms with Gasteiger partial charge in [-0.25, -0.2) is 0 Å². The summed E-state index contributed by atoms with van der Waals surface area (Å²) in [6, 6.07) is 2.02. The van der Waals surface area contributed by atoms with E-state index in [1.54, 1.807) is 17.4 Å². The van der Waals surface area contributed by atoms with Gasteiger partial charge in [0, 0.05) is 19.2 Å². The lowest BCUT2D eigenvalue weighted by molar-refractivity contribution is -0.128. The Morgan fingerprint density at radius 3 is 2.71 bits per heavy atom. The van der Waals surface area contributed by atoms with Crippen LogP contribution < -0.4 is 0 Å². The fourth-order valence-electron chi connectivity index (χ4n) is 2.49. The topological polar surface area (TPSA) is 20.3 Å². The van der Waals surface area contributed by atoms with Gasteiger partial charge in [-0.1, -0.05) is 13.8 Å². The maximum atomic E-state index is 12.0. The average Bonchev–Trinajstić information content (AvgIpc) is 2.77. The van der Waals surface area contributed by atoms with Crippen LogP contribution in [-0.2, 0) is 4.79 Å². The average molecular weight is 249 g/mol. The molecule has 1 saturated heterocycles. The van der Waals surface area contributed by atoms with E-state index in [9.17, 15) is 4.79 Å². The second kappa shape index (κ2) is 5.50. The number of nitrogens with zero attached hydrogens (tertiary/aromatic N) is 1. The van der Waals surface area contributed by atoms with Crippen LogP contribution >= 0.6 is 11.3 Å². The van der Waals surface area contributed by atoms with Crippen molar-refractivity contribution in [1.82, 2.24) is 4.90 Å². The number of likely N-dealkylation sites (tertiary alicyclic amines) is 1. The minimum atomic E-state index is 0.148. The first-order valence-corrected chi connectivity index (χ1v) is 7.08. The van der Waals surface area contributed by atoms with Crippen LogP contribution in [0.1, 0.15) is 25.8 Å². The van der Waals surface area contributed by atoms with Gasteiger partial charge in [-0.15, -0.1) is 0 Å². The van der Waals surface area contributed by atoms with Crippen LogP contribution in [-0.4, -0.2) is 23.9 Å². The lowest BCUT2D eigenvalue weighted by Gasteiger charge is -2.34. The minimum Gasteiger partial charge on any atom is -0.339 e. The van der Waals surface area contributed by atoms with Crippen molar-refractivity contribution in [2.75, 3.05) is 13.1 Å². The molecule has 92 valence electrons. The molecule has 1 aromatic rings. The van der Waals surface area contributed by atoms with Crippen LogP contribution in [0.15, 0.2) is 22.9 Å². The molecule has 0 saturated carbocycles. The van der Waals surface area contributed by atoms with E-state index in [2.05, 4.69) is 13.8 Å².